The van der Waals surface area contributed by atoms with Gasteiger partial charge in [0.05, 0.1) is 17.3 Å². The number of aromatic nitrogens is 2. The van der Waals surface area contributed by atoms with E-state index in [0.29, 0.717) is 5.56 Å². The molecule has 0 radical (unpaired) electrons. The number of nitrogens with two attached hydrogens (primary N) is 1. The van der Waals surface area contributed by atoms with Crippen LogP contribution >= 0.6 is 0 Å². The first kappa shape index (κ1) is 16.9. The molecule has 0 atom stereocenters. The normalized spacial score (nSPS) is 12.3. The van der Waals surface area contributed by atoms with Crippen LogP contribution in [0.25, 0.3) is 0 Å². The number of benzene rings is 1. The third kappa shape index (κ3) is 3.46. The molecule has 8 heteroatoms. The van der Waals surface area contributed by atoms with Gasteiger partial charge in [0.25, 0.3) is 5.91 Å². The van der Waals surface area contributed by atoms with Crippen molar-refractivity contribution in [1.82, 2.24) is 15.1 Å². The topological polar surface area (TPSA) is 72.9 Å². The highest BCUT2D eigenvalue weighted by Crippen LogP contribution is 2.31. The lowest BCUT2D eigenvalue weighted by Crippen LogP contribution is -2.41. The van der Waals surface area contributed by atoms with E-state index in [4.69, 9.17) is 5.73 Å². The van der Waals surface area contributed by atoms with Gasteiger partial charge >= 0.3 is 6.18 Å². The molecule has 2 rings (SSSR count). The molecule has 0 spiro atoms. The van der Waals surface area contributed by atoms with Crippen molar-refractivity contribution in [3.8, 4) is 0 Å². The Morgan fingerprint density at radius 2 is 1.70 bits per heavy atom. The zero-order chi connectivity index (χ0) is 17.4. The molecule has 5 nitrogen and oxygen atoms in total. The predicted octanol–water partition coefficient (Wildman–Crippen LogP) is 2.69. The van der Waals surface area contributed by atoms with Crippen molar-refractivity contribution in [3.05, 3.63) is 47.2 Å². The number of carbonyl (C=O) groups excluding carboxylic acids is 1. The first-order valence-corrected chi connectivity index (χ1v) is 6.80. The van der Waals surface area contributed by atoms with E-state index < -0.39 is 23.2 Å². The Hall–Kier alpha value is -2.51. The van der Waals surface area contributed by atoms with Gasteiger partial charge in [-0.2, -0.15) is 18.3 Å². The molecule has 1 aromatic carbocycles. The third-order valence-electron chi connectivity index (χ3n) is 3.59. The molecule has 2 aromatic rings. The second-order valence-electron chi connectivity index (χ2n) is 5.72. The van der Waals surface area contributed by atoms with Gasteiger partial charge in [-0.25, -0.2) is 0 Å². The first-order chi connectivity index (χ1) is 10.5. The molecular formula is C15H17F3N4O. The molecule has 0 aliphatic rings. The van der Waals surface area contributed by atoms with Gasteiger partial charge in [0, 0.05) is 7.05 Å². The molecule has 1 aromatic heterocycles. The number of alkyl halides is 3. The van der Waals surface area contributed by atoms with Crippen LogP contribution in [0.1, 0.15) is 35.3 Å². The molecule has 124 valence electrons. The van der Waals surface area contributed by atoms with Crippen molar-refractivity contribution in [2.75, 3.05) is 5.73 Å². The fourth-order valence-corrected chi connectivity index (χ4v) is 2.12. The monoisotopic (exact) mass is 326 g/mol. The molecule has 0 bridgehead atoms. The lowest BCUT2D eigenvalue weighted by atomic mass is 9.93. The molecule has 1 heterocycles. The van der Waals surface area contributed by atoms with Crippen molar-refractivity contribution in [2.45, 2.75) is 25.6 Å². The van der Waals surface area contributed by atoms with Gasteiger partial charge < -0.3 is 11.1 Å². The summed E-state index contributed by atoms with van der Waals surface area (Å²) in [5.74, 6) is -0.230. The number of halogens is 3. The van der Waals surface area contributed by atoms with Crippen LogP contribution in [0.3, 0.4) is 0 Å². The number of hydrogen-bond acceptors (Lipinski definition) is 3. The van der Waals surface area contributed by atoms with Gasteiger partial charge in [0.2, 0.25) is 0 Å². The summed E-state index contributed by atoms with van der Waals surface area (Å²) in [7, 11) is 1.60. The molecule has 3 N–H and O–H groups in total. The van der Waals surface area contributed by atoms with Gasteiger partial charge in [-0.15, -0.1) is 0 Å². The largest absolute Gasteiger partial charge is 0.416 e. The zero-order valence-corrected chi connectivity index (χ0v) is 12.9. The second-order valence-corrected chi connectivity index (χ2v) is 5.72. The Labute approximate surface area is 131 Å². The summed E-state index contributed by atoms with van der Waals surface area (Å²) in [4.78, 5) is 12.3. The van der Waals surface area contributed by atoms with E-state index in [2.05, 4.69) is 10.4 Å². The molecule has 0 saturated heterocycles. The van der Waals surface area contributed by atoms with Gasteiger partial charge in [-0.1, -0.05) is 12.1 Å². The minimum atomic E-state index is -4.39. The zero-order valence-electron chi connectivity index (χ0n) is 12.9. The van der Waals surface area contributed by atoms with E-state index in [0.717, 1.165) is 12.1 Å². The standard InChI is InChI=1S/C15H17F3N4O/c1-14(2,9-4-6-10(7-5-9)15(16,17)18)21-13(23)11-8-20-22(3)12(11)19/h4-8H,19H2,1-3H3,(H,21,23). The average Bonchev–Trinajstić information content (AvgIpc) is 2.78. The molecule has 0 fully saturated rings. The Kier molecular flexibility index (Phi) is 4.10. The second kappa shape index (κ2) is 5.60. The number of aryl methyl sites for hydroxylation is 1. The predicted molar refractivity (Wildman–Crippen MR) is 79.6 cm³/mol. The van der Waals surface area contributed by atoms with Crippen LogP contribution < -0.4 is 11.1 Å². The van der Waals surface area contributed by atoms with Crippen molar-refractivity contribution < 1.29 is 18.0 Å². The quantitative estimate of drug-likeness (QED) is 0.911. The summed E-state index contributed by atoms with van der Waals surface area (Å²) >= 11 is 0. The van der Waals surface area contributed by atoms with Crippen LogP contribution in [-0.2, 0) is 18.8 Å². The molecule has 0 saturated carbocycles. The van der Waals surface area contributed by atoms with Gasteiger partial charge in [0.15, 0.2) is 0 Å². The average molecular weight is 326 g/mol. The molecule has 0 aliphatic carbocycles. The Bertz CT molecular complexity index is 717. The summed E-state index contributed by atoms with van der Waals surface area (Å²) in [6.07, 6.45) is -3.05. The highest BCUT2D eigenvalue weighted by atomic mass is 19.4. The number of nitrogens with zero attached hydrogens (tertiary/aromatic N) is 2. The van der Waals surface area contributed by atoms with E-state index in [1.165, 1.54) is 23.0 Å². The van der Waals surface area contributed by atoms with Crippen LogP contribution in [0.5, 0.6) is 0 Å². The van der Waals surface area contributed by atoms with Crippen LogP contribution in [0.4, 0.5) is 19.0 Å². The summed E-state index contributed by atoms with van der Waals surface area (Å²) in [6.45, 7) is 3.39. The summed E-state index contributed by atoms with van der Waals surface area (Å²) < 4.78 is 39.2. The fourth-order valence-electron chi connectivity index (χ4n) is 2.12. The van der Waals surface area contributed by atoms with Gasteiger partial charge in [-0.05, 0) is 31.5 Å². The van der Waals surface area contributed by atoms with Crippen molar-refractivity contribution >= 4 is 11.7 Å². The van der Waals surface area contributed by atoms with E-state index in [-0.39, 0.29) is 11.4 Å². The van der Waals surface area contributed by atoms with E-state index in [9.17, 15) is 18.0 Å². The number of carbonyl (C=O) groups is 1. The summed E-state index contributed by atoms with van der Waals surface area (Å²) in [6, 6.07) is 4.66. The Balaban J connectivity index is 2.21. The Morgan fingerprint density at radius 3 is 2.13 bits per heavy atom. The number of anilines is 1. The SMILES string of the molecule is Cn1ncc(C(=O)NC(C)(C)c2ccc(C(F)(F)F)cc2)c1N. The van der Waals surface area contributed by atoms with Crippen LogP contribution in [0, 0.1) is 0 Å². The maximum absolute atomic E-state index is 12.6. The third-order valence-corrected chi connectivity index (χ3v) is 3.59. The lowest BCUT2D eigenvalue weighted by Gasteiger charge is -2.27. The first-order valence-electron chi connectivity index (χ1n) is 6.80. The van der Waals surface area contributed by atoms with Crippen LogP contribution in [0.15, 0.2) is 30.5 Å². The molecule has 1 amide bonds. The number of rotatable bonds is 3. The van der Waals surface area contributed by atoms with E-state index >= 15 is 0 Å². The molecule has 23 heavy (non-hydrogen) atoms. The minimum Gasteiger partial charge on any atom is -0.383 e. The molecular weight excluding hydrogens is 309 g/mol. The van der Waals surface area contributed by atoms with E-state index in [1.807, 2.05) is 0 Å². The molecule has 0 aliphatic heterocycles. The van der Waals surface area contributed by atoms with Crippen molar-refractivity contribution in [1.29, 1.82) is 0 Å². The maximum Gasteiger partial charge on any atom is 0.416 e. The number of nitrogens with one attached hydrogen (secondary N) is 1. The van der Waals surface area contributed by atoms with Crippen molar-refractivity contribution in [3.63, 3.8) is 0 Å². The van der Waals surface area contributed by atoms with Gasteiger partial charge in [0.1, 0.15) is 11.4 Å². The van der Waals surface area contributed by atoms with Gasteiger partial charge in [-0.3, -0.25) is 9.48 Å². The highest BCUT2D eigenvalue weighted by molar-refractivity contribution is 5.98. The van der Waals surface area contributed by atoms with Crippen molar-refractivity contribution in [2.24, 2.45) is 7.05 Å². The van der Waals surface area contributed by atoms with Crippen LogP contribution in [-0.4, -0.2) is 15.7 Å². The molecule has 0 unspecified atom stereocenters. The summed E-state index contributed by atoms with van der Waals surface area (Å²) in [5, 5.41) is 6.63. The summed E-state index contributed by atoms with van der Waals surface area (Å²) in [5.41, 5.74) is 4.89. The maximum atomic E-state index is 12.6. The number of nitrogen functional groups attached to an aromatic ring is 1. The minimum absolute atomic E-state index is 0.214. The Morgan fingerprint density at radius 1 is 1.17 bits per heavy atom. The van der Waals surface area contributed by atoms with Crippen LogP contribution in [0.2, 0.25) is 0 Å². The smallest absolute Gasteiger partial charge is 0.383 e. The highest BCUT2D eigenvalue weighted by Gasteiger charge is 2.31. The van der Waals surface area contributed by atoms with E-state index in [1.54, 1.807) is 20.9 Å². The number of hydrogen-bond donors (Lipinski definition) is 2. The fraction of sp³-hybridized carbons (Fsp3) is 0.333. The lowest BCUT2D eigenvalue weighted by molar-refractivity contribution is -0.137. The number of amides is 1.